The maximum absolute atomic E-state index is 14.6. The maximum atomic E-state index is 14.6. The third kappa shape index (κ3) is 11.4. The molecule has 4 fully saturated rings. The summed E-state index contributed by atoms with van der Waals surface area (Å²) in [5.41, 5.74) is 6.57. The van der Waals surface area contributed by atoms with Crippen molar-refractivity contribution in [1.82, 2.24) is 45.3 Å². The average Bonchev–Trinajstić information content (AvgIpc) is 4.26. The molecule has 5 atom stereocenters. The number of ether oxygens (including phenoxy) is 3. The van der Waals surface area contributed by atoms with Crippen LogP contribution in [-0.2, 0) is 36.9 Å². The van der Waals surface area contributed by atoms with Gasteiger partial charge in [-0.05, 0) is 110 Å². The van der Waals surface area contributed by atoms with Crippen molar-refractivity contribution in [3.8, 4) is 33.6 Å². The largest absolute Gasteiger partial charge is 0.446 e. The molecule has 5 amide bonds. The van der Waals surface area contributed by atoms with E-state index in [1.807, 2.05) is 69.0 Å². The van der Waals surface area contributed by atoms with E-state index in [0.717, 1.165) is 103 Å². The van der Waals surface area contributed by atoms with Crippen molar-refractivity contribution < 1.29 is 42.6 Å². The lowest BCUT2D eigenvalue weighted by atomic mass is 10.0. The van der Waals surface area contributed by atoms with Crippen molar-refractivity contribution in [2.24, 2.45) is 11.8 Å². The smallest absolute Gasteiger partial charge is 0.410 e. The van der Waals surface area contributed by atoms with Crippen LogP contribution in [0.25, 0.3) is 33.6 Å². The number of halogens is 1. The van der Waals surface area contributed by atoms with Gasteiger partial charge in [0.15, 0.2) is 0 Å². The van der Waals surface area contributed by atoms with Crippen molar-refractivity contribution in [3.63, 3.8) is 0 Å². The van der Waals surface area contributed by atoms with Gasteiger partial charge in [-0.2, -0.15) is 0 Å². The molecule has 0 bridgehead atoms. The molecule has 18 heteroatoms. The topological polar surface area (TPSA) is 204 Å². The monoisotopic (exact) mass is 1030 g/mol. The summed E-state index contributed by atoms with van der Waals surface area (Å²) in [7, 11) is 0. The fourth-order valence-corrected chi connectivity index (χ4v) is 11.4. The zero-order valence-electron chi connectivity index (χ0n) is 43.2. The minimum absolute atomic E-state index is 0.0652. The number of aromatic nitrogens is 4. The van der Waals surface area contributed by atoms with Gasteiger partial charge < -0.3 is 44.6 Å². The Kier molecular flexibility index (Phi) is 15.2. The van der Waals surface area contributed by atoms with Crippen LogP contribution in [0.4, 0.5) is 18.8 Å². The van der Waals surface area contributed by atoms with Gasteiger partial charge in [-0.3, -0.25) is 14.5 Å². The Hall–Kier alpha value is -7.24. The van der Waals surface area contributed by atoms with E-state index in [1.54, 1.807) is 29.4 Å². The molecule has 10 rings (SSSR count). The number of hydrogen-bond acceptors (Lipinski definition) is 10. The highest BCUT2D eigenvalue weighted by atomic mass is 19.1. The SMILES string of the molecule is CC(C)[C@H](NC(=O)OC1CCCC1)C(=O)N1CCCC1c1ncc(-c2ccc(-c3ccc(-c4cnc(C5C[C@@H](OC(=O)N6Cc7cccc(F)c7C6)CN5C(=O)[C@@H](NC(=O)OC5CCCC5)C(C)C)[nH]4)cc3)cc2)[nH]1. The lowest BCUT2D eigenvalue weighted by Gasteiger charge is -2.30. The number of nitrogens with one attached hydrogen (secondary N) is 4. The van der Waals surface area contributed by atoms with Crippen molar-refractivity contribution in [2.45, 2.75) is 154 Å². The van der Waals surface area contributed by atoms with E-state index in [2.05, 4.69) is 32.7 Å². The summed E-state index contributed by atoms with van der Waals surface area (Å²) < 4.78 is 32.0. The minimum Gasteiger partial charge on any atom is -0.446 e. The van der Waals surface area contributed by atoms with Gasteiger partial charge in [0.2, 0.25) is 11.8 Å². The summed E-state index contributed by atoms with van der Waals surface area (Å²) in [6, 6.07) is 18.6. The first-order valence-corrected chi connectivity index (χ1v) is 26.8. The maximum Gasteiger partial charge on any atom is 0.410 e. The molecule has 0 spiro atoms. The van der Waals surface area contributed by atoms with E-state index in [4.69, 9.17) is 24.2 Å². The van der Waals surface area contributed by atoms with Crippen LogP contribution >= 0.6 is 0 Å². The third-order valence-corrected chi connectivity index (χ3v) is 15.6. The van der Waals surface area contributed by atoms with Gasteiger partial charge in [0, 0.05) is 25.1 Å². The highest BCUT2D eigenvalue weighted by Gasteiger charge is 2.44. The molecule has 2 aliphatic carbocycles. The van der Waals surface area contributed by atoms with Crippen LogP contribution in [0.2, 0.25) is 0 Å². The van der Waals surface area contributed by atoms with Gasteiger partial charge in [-0.1, -0.05) is 88.4 Å². The number of aromatic amines is 2. The second-order valence-corrected chi connectivity index (χ2v) is 21.5. The Bertz CT molecular complexity index is 2860. The molecule has 4 N–H and O–H groups in total. The number of carbonyl (C=O) groups is 5. The zero-order valence-corrected chi connectivity index (χ0v) is 43.2. The number of likely N-dealkylation sites (tertiary alicyclic amines) is 2. The summed E-state index contributed by atoms with van der Waals surface area (Å²) in [5, 5.41) is 5.71. The summed E-state index contributed by atoms with van der Waals surface area (Å²) in [5.74, 6) is -0.0376. The highest BCUT2D eigenvalue weighted by Crippen LogP contribution is 2.37. The molecule has 2 saturated heterocycles. The summed E-state index contributed by atoms with van der Waals surface area (Å²) in [6.45, 7) is 8.54. The Labute approximate surface area is 436 Å². The molecule has 5 heterocycles. The van der Waals surface area contributed by atoms with Crippen LogP contribution in [0.3, 0.4) is 0 Å². The molecule has 5 aliphatic rings. The number of nitrogens with zero attached hydrogens (tertiary/aromatic N) is 5. The van der Waals surface area contributed by atoms with Crippen molar-refractivity contribution in [3.05, 3.63) is 108 Å². The number of imidazole rings is 2. The first-order chi connectivity index (χ1) is 36.3. The molecule has 396 valence electrons. The van der Waals surface area contributed by atoms with Gasteiger partial charge in [0.25, 0.3) is 0 Å². The van der Waals surface area contributed by atoms with E-state index < -0.39 is 42.5 Å². The second kappa shape index (κ2) is 22.3. The third-order valence-electron chi connectivity index (χ3n) is 15.6. The Morgan fingerprint density at radius 3 is 1.63 bits per heavy atom. The van der Waals surface area contributed by atoms with Crippen molar-refractivity contribution >= 4 is 30.1 Å². The first kappa shape index (κ1) is 51.3. The first-order valence-electron chi connectivity index (χ1n) is 26.8. The Balaban J connectivity index is 0.801. The van der Waals surface area contributed by atoms with Gasteiger partial charge in [-0.15, -0.1) is 0 Å². The fourth-order valence-electron chi connectivity index (χ4n) is 11.4. The van der Waals surface area contributed by atoms with Gasteiger partial charge >= 0.3 is 18.3 Å². The summed E-state index contributed by atoms with van der Waals surface area (Å²) in [4.78, 5) is 89.3. The fraction of sp³-hybridized carbons (Fsp3) is 0.491. The van der Waals surface area contributed by atoms with Crippen LogP contribution in [0.5, 0.6) is 0 Å². The average molecular weight is 1030 g/mol. The highest BCUT2D eigenvalue weighted by molar-refractivity contribution is 5.87. The second-order valence-electron chi connectivity index (χ2n) is 21.5. The number of rotatable bonds is 14. The predicted molar refractivity (Wildman–Crippen MR) is 277 cm³/mol. The van der Waals surface area contributed by atoms with Gasteiger partial charge in [-0.25, -0.2) is 28.7 Å². The number of fused-ring (bicyclic) bond motifs is 1. The number of carbonyl (C=O) groups excluding carboxylic acids is 5. The van der Waals surface area contributed by atoms with Crippen LogP contribution in [0.15, 0.2) is 79.1 Å². The zero-order chi connectivity index (χ0) is 52.3. The van der Waals surface area contributed by atoms with Crippen molar-refractivity contribution in [1.29, 1.82) is 0 Å². The van der Waals surface area contributed by atoms with E-state index in [-0.39, 0.29) is 73.8 Å². The standard InChI is InChI=1S/C57H68FN9O8/c1-33(2)49(63-55(70)73-40-12-5-6-13-40)53(68)66-26-10-17-47(66)51-59-28-45(61-51)37-22-18-35(19-23-37)36-20-24-38(25-21-36)46-29-60-52(62-46)48-27-42(75-57(72)65-30-39-11-9-16-44(58)43(39)32-65)31-67(48)54(69)50(34(3)4)64-56(71)74-41-14-7-8-15-41/h9,11,16,18-25,28-29,33-34,40-42,47-50H,5-8,10,12-15,17,26-27,30-32H2,1-4H3,(H,59,61)(H,60,62)(H,63,70)(H,64,71)/t42-,47?,48?,49+,50+/m1/s1. The number of amides is 5. The Morgan fingerprint density at radius 2 is 1.11 bits per heavy atom. The predicted octanol–water partition coefficient (Wildman–Crippen LogP) is 10.1. The van der Waals surface area contributed by atoms with Crippen LogP contribution in [0.1, 0.15) is 133 Å². The molecular formula is C57H68FN9O8. The van der Waals surface area contributed by atoms with E-state index in [1.165, 1.54) is 11.0 Å². The van der Waals surface area contributed by atoms with Crippen LogP contribution < -0.4 is 10.6 Å². The molecule has 5 aromatic rings. The lowest BCUT2D eigenvalue weighted by Crippen LogP contribution is -2.52. The Morgan fingerprint density at radius 1 is 0.600 bits per heavy atom. The number of benzene rings is 3. The molecule has 17 nitrogen and oxygen atoms in total. The lowest BCUT2D eigenvalue weighted by molar-refractivity contribution is -0.136. The van der Waals surface area contributed by atoms with E-state index in [0.29, 0.717) is 23.8 Å². The van der Waals surface area contributed by atoms with Crippen molar-refractivity contribution in [2.75, 3.05) is 13.1 Å². The summed E-state index contributed by atoms with van der Waals surface area (Å²) >= 11 is 0. The molecule has 2 aromatic heterocycles. The summed E-state index contributed by atoms with van der Waals surface area (Å²) in [6.07, 6.45) is 10.0. The number of hydrogen-bond donors (Lipinski definition) is 4. The van der Waals surface area contributed by atoms with Gasteiger partial charge in [0.1, 0.15) is 47.9 Å². The molecule has 75 heavy (non-hydrogen) atoms. The van der Waals surface area contributed by atoms with Crippen LogP contribution in [0, 0.1) is 17.7 Å². The molecule has 3 aliphatic heterocycles. The molecular weight excluding hydrogens is 958 g/mol. The number of alkyl carbamates (subject to hydrolysis) is 2. The minimum atomic E-state index is -0.910. The quantitative estimate of drug-likeness (QED) is 0.0775. The molecule has 2 unspecified atom stereocenters. The molecule has 0 radical (unpaired) electrons. The van der Waals surface area contributed by atoms with E-state index in [9.17, 15) is 28.4 Å². The van der Waals surface area contributed by atoms with E-state index >= 15 is 0 Å². The molecule has 3 aromatic carbocycles. The number of H-pyrrole nitrogens is 2. The van der Waals surface area contributed by atoms with Gasteiger partial charge in [0.05, 0.1) is 49.0 Å². The van der Waals surface area contributed by atoms with Crippen LogP contribution in [-0.4, -0.2) is 108 Å². The molecule has 2 saturated carbocycles. The normalized spacial score (nSPS) is 20.7.